The number of hydrogen-bond acceptors (Lipinski definition) is 3. The Kier molecular flexibility index (Phi) is 6.09. The van der Waals surface area contributed by atoms with Crippen LogP contribution in [0.4, 0.5) is 0 Å². The zero-order valence-corrected chi connectivity index (χ0v) is 15.7. The van der Waals surface area contributed by atoms with Crippen molar-refractivity contribution in [2.24, 2.45) is 0 Å². The SMILES string of the molecule is COC(=O)C[C@H](NC(=O)Cc1ccc2ccccc2c1)c1ccccc1Cl. The minimum Gasteiger partial charge on any atom is -0.469 e. The third-order valence-electron chi connectivity index (χ3n) is 4.39. The molecule has 0 aliphatic heterocycles. The molecular weight excluding hydrogens is 362 g/mol. The zero-order valence-electron chi connectivity index (χ0n) is 14.9. The van der Waals surface area contributed by atoms with Crippen LogP contribution >= 0.6 is 11.6 Å². The largest absolute Gasteiger partial charge is 0.469 e. The number of rotatable bonds is 6. The number of ether oxygens (including phenoxy) is 1. The summed E-state index contributed by atoms with van der Waals surface area (Å²) in [5.74, 6) is -0.593. The molecule has 0 aliphatic rings. The summed E-state index contributed by atoms with van der Waals surface area (Å²) in [5.41, 5.74) is 1.60. The van der Waals surface area contributed by atoms with Gasteiger partial charge in [-0.05, 0) is 28.0 Å². The van der Waals surface area contributed by atoms with E-state index < -0.39 is 12.0 Å². The van der Waals surface area contributed by atoms with Crippen molar-refractivity contribution >= 4 is 34.2 Å². The first-order valence-corrected chi connectivity index (χ1v) is 9.03. The zero-order chi connectivity index (χ0) is 19.2. The van der Waals surface area contributed by atoms with Crippen LogP contribution in [-0.2, 0) is 20.7 Å². The molecule has 0 fully saturated rings. The van der Waals surface area contributed by atoms with E-state index >= 15 is 0 Å². The summed E-state index contributed by atoms with van der Waals surface area (Å²) in [5, 5.41) is 5.62. The average molecular weight is 382 g/mol. The van der Waals surface area contributed by atoms with E-state index in [1.807, 2.05) is 48.5 Å². The maximum atomic E-state index is 12.6. The molecular formula is C22H20ClNO3. The van der Waals surface area contributed by atoms with Gasteiger partial charge in [-0.3, -0.25) is 9.59 Å². The Labute approximate surface area is 163 Å². The Hall–Kier alpha value is -2.85. The molecule has 0 saturated heterocycles. The van der Waals surface area contributed by atoms with Gasteiger partial charge in [-0.2, -0.15) is 0 Å². The van der Waals surface area contributed by atoms with Gasteiger partial charge in [-0.15, -0.1) is 0 Å². The molecule has 0 radical (unpaired) electrons. The van der Waals surface area contributed by atoms with Crippen LogP contribution in [0.25, 0.3) is 10.8 Å². The number of halogens is 1. The van der Waals surface area contributed by atoms with Crippen molar-refractivity contribution in [3.63, 3.8) is 0 Å². The molecule has 1 N–H and O–H groups in total. The smallest absolute Gasteiger partial charge is 0.307 e. The molecule has 138 valence electrons. The molecule has 1 amide bonds. The summed E-state index contributed by atoms with van der Waals surface area (Å²) in [6.07, 6.45) is 0.233. The Bertz CT molecular complexity index is 970. The van der Waals surface area contributed by atoms with E-state index in [4.69, 9.17) is 16.3 Å². The highest BCUT2D eigenvalue weighted by molar-refractivity contribution is 6.31. The molecule has 5 heteroatoms. The molecule has 0 aliphatic carbocycles. The lowest BCUT2D eigenvalue weighted by Gasteiger charge is -2.19. The highest BCUT2D eigenvalue weighted by atomic mass is 35.5. The van der Waals surface area contributed by atoms with Gasteiger partial charge in [-0.25, -0.2) is 0 Å². The number of methoxy groups -OCH3 is 1. The van der Waals surface area contributed by atoms with Crippen LogP contribution in [0.2, 0.25) is 5.02 Å². The number of amides is 1. The molecule has 3 aromatic rings. The van der Waals surface area contributed by atoms with E-state index in [9.17, 15) is 9.59 Å². The summed E-state index contributed by atoms with van der Waals surface area (Å²) in [6, 6.07) is 20.5. The van der Waals surface area contributed by atoms with Gasteiger partial charge >= 0.3 is 5.97 Å². The molecule has 0 unspecified atom stereocenters. The highest BCUT2D eigenvalue weighted by Crippen LogP contribution is 2.25. The van der Waals surface area contributed by atoms with Crippen LogP contribution in [-0.4, -0.2) is 19.0 Å². The molecule has 0 heterocycles. The van der Waals surface area contributed by atoms with Crippen molar-refractivity contribution < 1.29 is 14.3 Å². The van der Waals surface area contributed by atoms with Gasteiger partial charge in [0.1, 0.15) is 0 Å². The molecule has 0 spiro atoms. The van der Waals surface area contributed by atoms with Gasteiger partial charge in [0.25, 0.3) is 0 Å². The van der Waals surface area contributed by atoms with E-state index in [1.165, 1.54) is 7.11 Å². The van der Waals surface area contributed by atoms with Crippen LogP contribution in [0.1, 0.15) is 23.6 Å². The van der Waals surface area contributed by atoms with Gasteiger partial charge in [0.2, 0.25) is 5.91 Å². The first kappa shape index (κ1) is 18.9. The Morgan fingerprint density at radius 3 is 2.44 bits per heavy atom. The fraction of sp³-hybridized carbons (Fsp3) is 0.182. The molecule has 1 atom stereocenters. The monoisotopic (exact) mass is 381 g/mol. The minimum absolute atomic E-state index is 0.0176. The minimum atomic E-state index is -0.542. The van der Waals surface area contributed by atoms with Gasteiger partial charge in [-0.1, -0.05) is 72.3 Å². The van der Waals surface area contributed by atoms with Crippen LogP contribution in [0, 0.1) is 0 Å². The van der Waals surface area contributed by atoms with Crippen molar-refractivity contribution in [2.75, 3.05) is 7.11 Å². The first-order valence-electron chi connectivity index (χ1n) is 8.65. The van der Waals surface area contributed by atoms with E-state index in [1.54, 1.807) is 18.2 Å². The van der Waals surface area contributed by atoms with E-state index in [0.29, 0.717) is 10.6 Å². The molecule has 3 rings (SSSR count). The fourth-order valence-corrected chi connectivity index (χ4v) is 3.29. The number of carbonyl (C=O) groups excluding carboxylic acids is 2. The summed E-state index contributed by atoms with van der Waals surface area (Å²) < 4.78 is 4.76. The number of esters is 1. The van der Waals surface area contributed by atoms with Crippen LogP contribution < -0.4 is 5.32 Å². The molecule has 3 aromatic carbocycles. The third kappa shape index (κ3) is 4.86. The van der Waals surface area contributed by atoms with Gasteiger partial charge in [0.05, 0.1) is 26.0 Å². The molecule has 0 aromatic heterocycles. The molecule has 0 bridgehead atoms. The summed E-state index contributed by atoms with van der Waals surface area (Å²) in [4.78, 5) is 24.4. The van der Waals surface area contributed by atoms with Crippen molar-refractivity contribution in [1.29, 1.82) is 0 Å². The average Bonchev–Trinajstić information content (AvgIpc) is 2.67. The maximum Gasteiger partial charge on any atom is 0.307 e. The van der Waals surface area contributed by atoms with Crippen molar-refractivity contribution in [3.05, 3.63) is 82.9 Å². The predicted molar refractivity (Wildman–Crippen MR) is 107 cm³/mol. The second-order valence-corrected chi connectivity index (χ2v) is 6.69. The van der Waals surface area contributed by atoms with E-state index in [0.717, 1.165) is 16.3 Å². The Balaban J connectivity index is 1.76. The van der Waals surface area contributed by atoms with E-state index in [-0.39, 0.29) is 18.7 Å². The topological polar surface area (TPSA) is 55.4 Å². The quantitative estimate of drug-likeness (QED) is 0.641. The van der Waals surface area contributed by atoms with Crippen LogP contribution in [0.3, 0.4) is 0 Å². The third-order valence-corrected chi connectivity index (χ3v) is 4.74. The second kappa shape index (κ2) is 8.69. The number of fused-ring (bicyclic) bond motifs is 1. The van der Waals surface area contributed by atoms with Gasteiger partial charge in [0.15, 0.2) is 0 Å². The van der Waals surface area contributed by atoms with Crippen LogP contribution in [0.5, 0.6) is 0 Å². The summed E-state index contributed by atoms with van der Waals surface area (Å²) in [7, 11) is 1.32. The van der Waals surface area contributed by atoms with Crippen LogP contribution in [0.15, 0.2) is 66.7 Å². The maximum absolute atomic E-state index is 12.6. The normalized spacial score (nSPS) is 11.8. The Morgan fingerprint density at radius 2 is 1.70 bits per heavy atom. The number of benzene rings is 3. The van der Waals surface area contributed by atoms with Gasteiger partial charge < -0.3 is 10.1 Å². The Morgan fingerprint density at radius 1 is 1.00 bits per heavy atom. The number of carbonyl (C=O) groups is 2. The molecule has 27 heavy (non-hydrogen) atoms. The molecule has 0 saturated carbocycles. The number of nitrogens with one attached hydrogen (secondary N) is 1. The highest BCUT2D eigenvalue weighted by Gasteiger charge is 2.21. The summed E-state index contributed by atoms with van der Waals surface area (Å²) in [6.45, 7) is 0. The first-order chi connectivity index (χ1) is 13.1. The number of hydrogen-bond donors (Lipinski definition) is 1. The standard InChI is InChI=1S/C22H20ClNO3/c1-27-22(26)14-20(18-8-4-5-9-19(18)23)24-21(25)13-15-10-11-16-6-2-3-7-17(16)12-15/h2-12,20H,13-14H2,1H3,(H,24,25)/t20-/m0/s1. The van der Waals surface area contributed by atoms with Crippen molar-refractivity contribution in [2.45, 2.75) is 18.9 Å². The lowest BCUT2D eigenvalue weighted by Crippen LogP contribution is -2.31. The lowest BCUT2D eigenvalue weighted by molar-refractivity contribution is -0.141. The summed E-state index contributed by atoms with van der Waals surface area (Å²) >= 11 is 6.25. The van der Waals surface area contributed by atoms with Crippen molar-refractivity contribution in [3.8, 4) is 0 Å². The second-order valence-electron chi connectivity index (χ2n) is 6.28. The molecule has 4 nitrogen and oxygen atoms in total. The van der Waals surface area contributed by atoms with Gasteiger partial charge in [0, 0.05) is 5.02 Å². The van der Waals surface area contributed by atoms with E-state index in [2.05, 4.69) is 5.32 Å². The van der Waals surface area contributed by atoms with Crippen molar-refractivity contribution in [1.82, 2.24) is 5.32 Å². The lowest BCUT2D eigenvalue weighted by atomic mass is 10.0. The fourth-order valence-electron chi connectivity index (χ4n) is 3.03. The predicted octanol–water partition coefficient (Wildman–Crippen LogP) is 4.46.